The summed E-state index contributed by atoms with van der Waals surface area (Å²) in [4.78, 5) is 29.9. The molecule has 0 radical (unpaired) electrons. The lowest BCUT2D eigenvalue weighted by molar-refractivity contribution is -0.116. The Labute approximate surface area is 185 Å². The second-order valence-corrected chi connectivity index (χ2v) is 8.00. The Balaban J connectivity index is 1.55. The van der Waals surface area contributed by atoms with Crippen LogP contribution < -0.4 is 10.9 Å². The first-order valence-corrected chi connectivity index (χ1v) is 10.4. The van der Waals surface area contributed by atoms with Crippen LogP contribution in [0.15, 0.2) is 57.9 Å². The number of aromatic nitrogens is 4. The Hall–Kier alpha value is -3.33. The first-order chi connectivity index (χ1) is 14.8. The first-order valence-electron chi connectivity index (χ1n) is 9.60. The lowest BCUT2D eigenvalue weighted by Gasteiger charge is -2.11. The predicted octanol–water partition coefficient (Wildman–Crippen LogP) is 4.13. The molecule has 0 fully saturated rings. The van der Waals surface area contributed by atoms with Crippen molar-refractivity contribution in [1.82, 2.24) is 19.3 Å². The molecular formula is C22H19BrFN5O2. The number of rotatable bonds is 5. The van der Waals surface area contributed by atoms with Crippen LogP contribution in [0, 0.1) is 19.7 Å². The van der Waals surface area contributed by atoms with E-state index in [1.54, 1.807) is 19.1 Å². The summed E-state index contributed by atoms with van der Waals surface area (Å²) in [6.07, 6.45) is 1.56. The van der Waals surface area contributed by atoms with Gasteiger partial charge in [-0.3, -0.25) is 14.2 Å². The van der Waals surface area contributed by atoms with Crippen molar-refractivity contribution < 1.29 is 9.18 Å². The van der Waals surface area contributed by atoms with Gasteiger partial charge in [0, 0.05) is 23.1 Å². The molecule has 31 heavy (non-hydrogen) atoms. The normalized spacial score (nSPS) is 11.1. The molecule has 0 saturated heterocycles. The Morgan fingerprint density at radius 1 is 1.16 bits per heavy atom. The molecular weight excluding hydrogens is 465 g/mol. The highest BCUT2D eigenvalue weighted by Crippen LogP contribution is 2.20. The summed E-state index contributed by atoms with van der Waals surface area (Å²) >= 11 is 3.43. The molecule has 2 heterocycles. The van der Waals surface area contributed by atoms with Crippen molar-refractivity contribution in [2.24, 2.45) is 0 Å². The maximum Gasteiger partial charge on any atom is 0.264 e. The van der Waals surface area contributed by atoms with E-state index in [2.05, 4.69) is 31.3 Å². The van der Waals surface area contributed by atoms with Gasteiger partial charge in [0.05, 0.1) is 11.9 Å². The smallest absolute Gasteiger partial charge is 0.264 e. The van der Waals surface area contributed by atoms with Gasteiger partial charge in [-0.25, -0.2) is 14.1 Å². The molecule has 4 aromatic rings. The number of carbonyl (C=O) groups is 1. The van der Waals surface area contributed by atoms with E-state index in [4.69, 9.17) is 0 Å². The number of hydrogen-bond donors (Lipinski definition) is 1. The third kappa shape index (κ3) is 4.27. The van der Waals surface area contributed by atoms with E-state index in [1.807, 2.05) is 25.1 Å². The van der Waals surface area contributed by atoms with Gasteiger partial charge < -0.3 is 5.32 Å². The third-order valence-corrected chi connectivity index (χ3v) is 5.84. The van der Waals surface area contributed by atoms with Crippen molar-refractivity contribution in [3.63, 3.8) is 0 Å². The molecule has 0 aliphatic carbocycles. The van der Waals surface area contributed by atoms with Gasteiger partial charge in [0.1, 0.15) is 17.0 Å². The van der Waals surface area contributed by atoms with Crippen molar-refractivity contribution >= 4 is 38.6 Å². The van der Waals surface area contributed by atoms with Gasteiger partial charge >= 0.3 is 0 Å². The molecule has 0 aliphatic heterocycles. The summed E-state index contributed by atoms with van der Waals surface area (Å²) in [5.74, 6) is -0.0907. The Morgan fingerprint density at radius 3 is 2.61 bits per heavy atom. The molecule has 158 valence electrons. The average molecular weight is 484 g/mol. The fraction of sp³-hybridized carbons (Fsp3) is 0.182. The van der Waals surface area contributed by atoms with E-state index in [9.17, 15) is 14.0 Å². The molecule has 0 atom stereocenters. The Bertz CT molecular complexity index is 1340. The van der Waals surface area contributed by atoms with Crippen molar-refractivity contribution in [1.29, 1.82) is 0 Å². The van der Waals surface area contributed by atoms with Crippen LogP contribution in [0.1, 0.15) is 17.8 Å². The number of nitrogens with zero attached hydrogens (tertiary/aromatic N) is 4. The Kier molecular flexibility index (Phi) is 5.69. The minimum Gasteiger partial charge on any atom is -0.326 e. The minimum atomic E-state index is -0.358. The summed E-state index contributed by atoms with van der Waals surface area (Å²) in [6, 6.07) is 11.3. The summed E-state index contributed by atoms with van der Waals surface area (Å²) in [5, 5.41) is 7.42. The van der Waals surface area contributed by atoms with Crippen LogP contribution in [0.3, 0.4) is 0 Å². The number of nitrogens with one attached hydrogen (secondary N) is 1. The number of amides is 1. The first kappa shape index (κ1) is 20.9. The predicted molar refractivity (Wildman–Crippen MR) is 120 cm³/mol. The summed E-state index contributed by atoms with van der Waals surface area (Å²) < 4.78 is 17.1. The van der Waals surface area contributed by atoms with Crippen molar-refractivity contribution in [3.05, 3.63) is 80.7 Å². The largest absolute Gasteiger partial charge is 0.326 e. The van der Waals surface area contributed by atoms with E-state index < -0.39 is 0 Å². The molecule has 7 nitrogen and oxygen atoms in total. The molecule has 1 N–H and O–H groups in total. The van der Waals surface area contributed by atoms with Gasteiger partial charge in [0.25, 0.3) is 5.56 Å². The van der Waals surface area contributed by atoms with Crippen molar-refractivity contribution in [2.75, 3.05) is 5.32 Å². The van der Waals surface area contributed by atoms with Gasteiger partial charge in [-0.15, -0.1) is 0 Å². The minimum absolute atomic E-state index is 0.120. The maximum atomic E-state index is 13.2. The molecule has 0 saturated carbocycles. The topological polar surface area (TPSA) is 81.8 Å². The van der Waals surface area contributed by atoms with E-state index >= 15 is 0 Å². The van der Waals surface area contributed by atoms with Crippen LogP contribution in [-0.4, -0.2) is 25.2 Å². The zero-order valence-electron chi connectivity index (χ0n) is 16.9. The molecule has 0 aliphatic rings. The van der Waals surface area contributed by atoms with Gasteiger partial charge in [0.2, 0.25) is 5.91 Å². The Morgan fingerprint density at radius 2 is 1.90 bits per heavy atom. The van der Waals surface area contributed by atoms with Crippen LogP contribution >= 0.6 is 15.9 Å². The fourth-order valence-electron chi connectivity index (χ4n) is 3.30. The standard InChI is InChI=1S/C22H19BrFN5O2/c1-13-11-16(5-8-19(13)23)27-20(30)9-10-28-14(2)26-21-18(22(28)31)12-25-29(21)17-6-3-15(24)4-7-17/h3-8,11-12H,9-10H2,1-2H3,(H,27,30). The average Bonchev–Trinajstić information content (AvgIpc) is 3.15. The van der Waals surface area contributed by atoms with Crippen LogP contribution in [-0.2, 0) is 11.3 Å². The number of aryl methyl sites for hydroxylation is 2. The van der Waals surface area contributed by atoms with E-state index in [0.717, 1.165) is 10.0 Å². The monoisotopic (exact) mass is 483 g/mol. The summed E-state index contributed by atoms with van der Waals surface area (Å²) in [7, 11) is 0. The second kappa shape index (κ2) is 8.43. The maximum absolute atomic E-state index is 13.2. The van der Waals surface area contributed by atoms with Crippen LogP contribution in [0.2, 0.25) is 0 Å². The lowest BCUT2D eigenvalue weighted by Crippen LogP contribution is -2.26. The number of fused-ring (bicyclic) bond motifs is 1. The van der Waals surface area contributed by atoms with E-state index in [0.29, 0.717) is 28.2 Å². The van der Waals surface area contributed by atoms with Crippen molar-refractivity contribution in [2.45, 2.75) is 26.8 Å². The molecule has 0 bridgehead atoms. The number of halogens is 2. The highest BCUT2D eigenvalue weighted by Gasteiger charge is 2.15. The molecule has 1 amide bonds. The summed E-state index contributed by atoms with van der Waals surface area (Å²) in [6.45, 7) is 3.84. The fourth-order valence-corrected chi connectivity index (χ4v) is 3.55. The third-order valence-electron chi connectivity index (χ3n) is 4.95. The molecule has 2 aromatic heterocycles. The molecule has 0 spiro atoms. The zero-order valence-corrected chi connectivity index (χ0v) is 18.5. The van der Waals surface area contributed by atoms with E-state index in [1.165, 1.54) is 27.6 Å². The molecule has 0 unspecified atom stereocenters. The number of hydrogen-bond acceptors (Lipinski definition) is 4. The molecule has 9 heteroatoms. The van der Waals surface area contributed by atoms with Crippen LogP contribution in [0.4, 0.5) is 10.1 Å². The van der Waals surface area contributed by atoms with Crippen molar-refractivity contribution in [3.8, 4) is 5.69 Å². The molecule has 4 rings (SSSR count). The lowest BCUT2D eigenvalue weighted by atomic mass is 10.2. The highest BCUT2D eigenvalue weighted by atomic mass is 79.9. The zero-order chi connectivity index (χ0) is 22.1. The molecule has 2 aromatic carbocycles. The van der Waals surface area contributed by atoms with Crippen LogP contribution in [0.25, 0.3) is 16.7 Å². The van der Waals surface area contributed by atoms with Gasteiger partial charge in [0.15, 0.2) is 5.65 Å². The summed E-state index contributed by atoms with van der Waals surface area (Å²) in [5.41, 5.74) is 2.43. The number of benzene rings is 2. The van der Waals surface area contributed by atoms with Gasteiger partial charge in [-0.05, 0) is 61.9 Å². The highest BCUT2D eigenvalue weighted by molar-refractivity contribution is 9.10. The second-order valence-electron chi connectivity index (χ2n) is 7.15. The number of anilines is 1. The number of carbonyl (C=O) groups excluding carboxylic acids is 1. The van der Waals surface area contributed by atoms with Crippen LogP contribution in [0.5, 0.6) is 0 Å². The quantitative estimate of drug-likeness (QED) is 0.462. The van der Waals surface area contributed by atoms with Gasteiger partial charge in [-0.2, -0.15) is 5.10 Å². The van der Waals surface area contributed by atoms with Gasteiger partial charge in [-0.1, -0.05) is 15.9 Å². The SMILES string of the molecule is Cc1cc(NC(=O)CCn2c(C)nc3c(cnn3-c3ccc(F)cc3)c2=O)ccc1Br. The van der Waals surface area contributed by atoms with E-state index in [-0.39, 0.29) is 30.2 Å².